The van der Waals surface area contributed by atoms with Crippen LogP contribution in [0.25, 0.3) is 0 Å². The number of hydrogen-bond donors (Lipinski definition) is 2. The summed E-state index contributed by atoms with van der Waals surface area (Å²) in [5.74, 6) is 0.930. The number of amides is 1. The van der Waals surface area contributed by atoms with E-state index in [1.54, 1.807) is 0 Å². The Hall–Kier alpha value is -0.280. The van der Waals surface area contributed by atoms with E-state index in [0.29, 0.717) is 12.0 Å². The Balaban J connectivity index is 0.00000162. The third kappa shape index (κ3) is 5.57. The van der Waals surface area contributed by atoms with Gasteiger partial charge in [-0.15, -0.1) is 12.4 Å². The highest BCUT2D eigenvalue weighted by molar-refractivity contribution is 5.85. The molecule has 18 heavy (non-hydrogen) atoms. The fourth-order valence-electron chi connectivity index (χ4n) is 3.09. The van der Waals surface area contributed by atoms with E-state index < -0.39 is 0 Å². The molecule has 4 heteroatoms. The van der Waals surface area contributed by atoms with Gasteiger partial charge in [-0.2, -0.15) is 0 Å². The van der Waals surface area contributed by atoms with E-state index >= 15 is 0 Å². The molecule has 1 heterocycles. The molecule has 2 aliphatic rings. The van der Waals surface area contributed by atoms with Gasteiger partial charge in [0.1, 0.15) is 0 Å². The first-order chi connectivity index (χ1) is 8.34. The monoisotopic (exact) mass is 274 g/mol. The summed E-state index contributed by atoms with van der Waals surface area (Å²) in [7, 11) is 0. The third-order valence-corrected chi connectivity index (χ3v) is 4.11. The Labute approximate surface area is 117 Å². The molecular formula is C14H27ClN2O. The normalized spacial score (nSPS) is 25.9. The number of rotatable bonds is 3. The number of piperidine rings is 1. The molecule has 0 radical (unpaired) electrons. The Morgan fingerprint density at radius 3 is 2.39 bits per heavy atom. The maximum absolute atomic E-state index is 12.0. The highest BCUT2D eigenvalue weighted by atomic mass is 35.5. The average Bonchev–Trinajstić information content (AvgIpc) is 2.59. The molecule has 1 saturated carbocycles. The molecule has 1 aliphatic carbocycles. The first kappa shape index (κ1) is 15.8. The first-order valence-corrected chi connectivity index (χ1v) is 7.34. The highest BCUT2D eigenvalue weighted by Crippen LogP contribution is 2.25. The molecule has 1 saturated heterocycles. The van der Waals surface area contributed by atoms with Gasteiger partial charge < -0.3 is 10.6 Å². The van der Waals surface area contributed by atoms with Crippen molar-refractivity contribution in [2.24, 2.45) is 5.92 Å². The molecule has 2 fully saturated rings. The standard InChI is InChI=1S/C14H26N2O.ClH/c17-14(16-13-8-5-9-15-11-13)10-12-6-3-1-2-4-7-12;/h12-13,15H,1-11H2,(H,16,17);1H. The van der Waals surface area contributed by atoms with Crippen LogP contribution in [0, 0.1) is 5.92 Å². The van der Waals surface area contributed by atoms with Gasteiger partial charge in [-0.05, 0) is 38.1 Å². The predicted octanol–water partition coefficient (Wildman–Crippen LogP) is 2.64. The molecule has 3 nitrogen and oxygen atoms in total. The number of halogens is 1. The van der Waals surface area contributed by atoms with Crippen LogP contribution >= 0.6 is 12.4 Å². The Kier molecular flexibility index (Phi) is 7.68. The van der Waals surface area contributed by atoms with Crippen molar-refractivity contribution in [3.05, 3.63) is 0 Å². The maximum Gasteiger partial charge on any atom is 0.220 e. The van der Waals surface area contributed by atoms with Gasteiger partial charge in [-0.3, -0.25) is 4.79 Å². The summed E-state index contributed by atoms with van der Waals surface area (Å²) in [6.45, 7) is 2.06. The van der Waals surface area contributed by atoms with Crippen molar-refractivity contribution in [3.63, 3.8) is 0 Å². The minimum absolute atomic E-state index is 0. The zero-order chi connectivity index (χ0) is 11.9. The second-order valence-corrected chi connectivity index (χ2v) is 5.67. The lowest BCUT2D eigenvalue weighted by Gasteiger charge is -2.24. The Morgan fingerprint density at radius 2 is 1.78 bits per heavy atom. The molecule has 0 aromatic rings. The number of carbonyl (C=O) groups excluding carboxylic acids is 1. The van der Waals surface area contributed by atoms with Crippen LogP contribution in [0.5, 0.6) is 0 Å². The molecule has 2 rings (SSSR count). The van der Waals surface area contributed by atoms with Crippen LogP contribution in [0.2, 0.25) is 0 Å². The topological polar surface area (TPSA) is 41.1 Å². The largest absolute Gasteiger partial charge is 0.352 e. The minimum atomic E-state index is 0. The summed E-state index contributed by atoms with van der Waals surface area (Å²) in [6.07, 6.45) is 11.0. The summed E-state index contributed by atoms with van der Waals surface area (Å²) in [5.41, 5.74) is 0. The minimum Gasteiger partial charge on any atom is -0.352 e. The molecule has 0 bridgehead atoms. The Bertz CT molecular complexity index is 234. The van der Waals surface area contributed by atoms with Crippen LogP contribution in [0.1, 0.15) is 57.8 Å². The van der Waals surface area contributed by atoms with Crippen LogP contribution in [0.3, 0.4) is 0 Å². The number of nitrogens with one attached hydrogen (secondary N) is 2. The van der Waals surface area contributed by atoms with Crippen LogP contribution in [0.4, 0.5) is 0 Å². The smallest absolute Gasteiger partial charge is 0.220 e. The van der Waals surface area contributed by atoms with Gasteiger partial charge in [0.15, 0.2) is 0 Å². The van der Waals surface area contributed by atoms with Gasteiger partial charge >= 0.3 is 0 Å². The molecule has 1 atom stereocenters. The third-order valence-electron chi connectivity index (χ3n) is 4.11. The molecule has 0 spiro atoms. The second kappa shape index (κ2) is 8.76. The van der Waals surface area contributed by atoms with Gasteiger partial charge in [0, 0.05) is 19.0 Å². The zero-order valence-electron chi connectivity index (χ0n) is 11.2. The SMILES string of the molecule is Cl.O=C(CC1CCCCCC1)NC1CCCNC1. The van der Waals surface area contributed by atoms with Crippen molar-refractivity contribution in [2.75, 3.05) is 13.1 Å². The van der Waals surface area contributed by atoms with E-state index in [-0.39, 0.29) is 18.3 Å². The zero-order valence-corrected chi connectivity index (χ0v) is 12.1. The molecule has 1 amide bonds. The molecule has 106 valence electrons. The van der Waals surface area contributed by atoms with E-state index in [4.69, 9.17) is 0 Å². The predicted molar refractivity (Wildman–Crippen MR) is 77.1 cm³/mol. The average molecular weight is 275 g/mol. The lowest BCUT2D eigenvalue weighted by molar-refractivity contribution is -0.122. The Morgan fingerprint density at radius 1 is 1.06 bits per heavy atom. The van der Waals surface area contributed by atoms with E-state index in [2.05, 4.69) is 10.6 Å². The van der Waals surface area contributed by atoms with Crippen LogP contribution in [-0.4, -0.2) is 25.0 Å². The summed E-state index contributed by atoms with van der Waals surface area (Å²) in [4.78, 5) is 12.0. The number of hydrogen-bond acceptors (Lipinski definition) is 2. The lowest BCUT2D eigenvalue weighted by atomic mass is 9.96. The first-order valence-electron chi connectivity index (χ1n) is 7.34. The van der Waals surface area contributed by atoms with E-state index in [1.807, 2.05) is 0 Å². The van der Waals surface area contributed by atoms with Crippen LogP contribution < -0.4 is 10.6 Å². The molecule has 0 aromatic carbocycles. The molecular weight excluding hydrogens is 248 g/mol. The van der Waals surface area contributed by atoms with Gasteiger partial charge in [0.25, 0.3) is 0 Å². The van der Waals surface area contributed by atoms with Crippen molar-refractivity contribution >= 4 is 18.3 Å². The van der Waals surface area contributed by atoms with Crippen molar-refractivity contribution < 1.29 is 4.79 Å². The van der Waals surface area contributed by atoms with Crippen LogP contribution in [-0.2, 0) is 4.79 Å². The van der Waals surface area contributed by atoms with Gasteiger partial charge in [0.05, 0.1) is 0 Å². The maximum atomic E-state index is 12.0. The van der Waals surface area contributed by atoms with E-state index in [0.717, 1.165) is 25.9 Å². The lowest BCUT2D eigenvalue weighted by Crippen LogP contribution is -2.45. The van der Waals surface area contributed by atoms with Crippen molar-refractivity contribution in [1.82, 2.24) is 10.6 Å². The van der Waals surface area contributed by atoms with E-state index in [9.17, 15) is 4.79 Å². The molecule has 0 aromatic heterocycles. The van der Waals surface area contributed by atoms with Crippen molar-refractivity contribution in [2.45, 2.75) is 63.8 Å². The molecule has 1 unspecified atom stereocenters. The van der Waals surface area contributed by atoms with Gasteiger partial charge in [0.2, 0.25) is 5.91 Å². The summed E-state index contributed by atoms with van der Waals surface area (Å²) < 4.78 is 0. The van der Waals surface area contributed by atoms with Gasteiger partial charge in [-0.25, -0.2) is 0 Å². The van der Waals surface area contributed by atoms with Crippen LogP contribution in [0.15, 0.2) is 0 Å². The second-order valence-electron chi connectivity index (χ2n) is 5.67. The highest BCUT2D eigenvalue weighted by Gasteiger charge is 2.19. The summed E-state index contributed by atoms with van der Waals surface area (Å²) >= 11 is 0. The summed E-state index contributed by atoms with van der Waals surface area (Å²) in [5, 5.41) is 6.52. The quantitative estimate of drug-likeness (QED) is 0.777. The fraction of sp³-hybridized carbons (Fsp3) is 0.929. The fourth-order valence-corrected chi connectivity index (χ4v) is 3.09. The van der Waals surface area contributed by atoms with E-state index in [1.165, 1.54) is 44.9 Å². The molecule has 2 N–H and O–H groups in total. The summed E-state index contributed by atoms with van der Waals surface area (Å²) in [6, 6.07) is 0.377. The van der Waals surface area contributed by atoms with Gasteiger partial charge in [-0.1, -0.05) is 25.7 Å². The molecule has 1 aliphatic heterocycles. The van der Waals surface area contributed by atoms with Crippen molar-refractivity contribution in [3.8, 4) is 0 Å². The number of carbonyl (C=O) groups is 1. The van der Waals surface area contributed by atoms with Crippen molar-refractivity contribution in [1.29, 1.82) is 0 Å².